The molecule has 0 atom stereocenters. The van der Waals surface area contributed by atoms with Gasteiger partial charge in [-0.2, -0.15) is 4.57 Å². The van der Waals surface area contributed by atoms with Crippen LogP contribution in [0.3, 0.4) is 0 Å². The minimum Gasteiger partial charge on any atom is -0.494 e. The van der Waals surface area contributed by atoms with E-state index in [0.29, 0.717) is 0 Å². The van der Waals surface area contributed by atoms with Gasteiger partial charge in [-0.25, -0.2) is 0 Å². The van der Waals surface area contributed by atoms with E-state index in [1.54, 1.807) is 0 Å². The molecule has 18 heavy (non-hydrogen) atoms. The number of hydrogen-bond donors (Lipinski definition) is 0. The number of fused-ring (bicyclic) bond motifs is 1. The van der Waals surface area contributed by atoms with Gasteiger partial charge in [-0.3, -0.25) is 0 Å². The van der Waals surface area contributed by atoms with E-state index in [1.807, 2.05) is 0 Å². The summed E-state index contributed by atoms with van der Waals surface area (Å²) in [5, 5.41) is 1.25. The van der Waals surface area contributed by atoms with Crippen LogP contribution in [-0.2, 0) is 6.54 Å². The van der Waals surface area contributed by atoms with Crippen molar-refractivity contribution in [2.75, 3.05) is 6.61 Å². The molecule has 0 radical (unpaired) electrons. The Labute approximate surface area is 109 Å². The maximum absolute atomic E-state index is 5.75. The highest BCUT2D eigenvalue weighted by molar-refractivity contribution is 5.77. The Hall–Kier alpha value is -1.57. The minimum atomic E-state index is 0.807. The van der Waals surface area contributed by atoms with Crippen molar-refractivity contribution in [1.29, 1.82) is 0 Å². The molecular formula is C16H22NO+. The minimum absolute atomic E-state index is 0.807. The van der Waals surface area contributed by atoms with Crippen molar-refractivity contribution in [3.05, 3.63) is 36.0 Å². The average Bonchev–Trinajstić information content (AvgIpc) is 2.39. The first-order chi connectivity index (χ1) is 8.76. The summed E-state index contributed by atoms with van der Waals surface area (Å²) in [5.74, 6) is 0.974. The predicted molar refractivity (Wildman–Crippen MR) is 75.0 cm³/mol. The monoisotopic (exact) mass is 244 g/mol. The molecule has 2 heteroatoms. The van der Waals surface area contributed by atoms with Crippen LogP contribution in [0.25, 0.3) is 10.9 Å². The van der Waals surface area contributed by atoms with E-state index >= 15 is 0 Å². The number of nitrogens with zero attached hydrogens (tertiary/aromatic N) is 1. The predicted octanol–water partition coefficient (Wildman–Crippen LogP) is 3.63. The molecule has 0 fully saturated rings. The van der Waals surface area contributed by atoms with E-state index in [2.05, 4.69) is 55.7 Å². The van der Waals surface area contributed by atoms with Gasteiger partial charge in [0.05, 0.1) is 12.0 Å². The molecule has 2 rings (SSSR count). The number of rotatable bonds is 5. The molecule has 1 heterocycles. The summed E-state index contributed by atoms with van der Waals surface area (Å²) in [7, 11) is 0. The molecule has 0 saturated heterocycles. The van der Waals surface area contributed by atoms with Gasteiger partial charge in [-0.05, 0) is 31.5 Å². The Balaban J connectivity index is 2.32. The highest BCUT2D eigenvalue weighted by Gasteiger charge is 2.10. The Morgan fingerprint density at radius 2 is 1.94 bits per heavy atom. The van der Waals surface area contributed by atoms with Gasteiger partial charge in [0.15, 0.2) is 5.69 Å². The topological polar surface area (TPSA) is 13.1 Å². The maximum Gasteiger partial charge on any atom is 0.212 e. The van der Waals surface area contributed by atoms with Crippen LogP contribution in [0.5, 0.6) is 5.75 Å². The third-order valence-corrected chi connectivity index (χ3v) is 3.30. The summed E-state index contributed by atoms with van der Waals surface area (Å²) in [6.07, 6.45) is 2.28. The van der Waals surface area contributed by atoms with Gasteiger partial charge in [0.1, 0.15) is 12.3 Å². The summed E-state index contributed by atoms with van der Waals surface area (Å²) in [4.78, 5) is 0. The molecule has 1 aromatic carbocycles. The van der Waals surface area contributed by atoms with Crippen LogP contribution in [0.1, 0.15) is 32.4 Å². The number of hydrogen-bond acceptors (Lipinski definition) is 1. The van der Waals surface area contributed by atoms with Gasteiger partial charge in [0, 0.05) is 19.1 Å². The van der Waals surface area contributed by atoms with Crippen LogP contribution in [0.2, 0.25) is 0 Å². The zero-order chi connectivity index (χ0) is 13.0. The van der Waals surface area contributed by atoms with Crippen LogP contribution < -0.4 is 9.30 Å². The third-order valence-electron chi connectivity index (χ3n) is 3.30. The average molecular weight is 244 g/mol. The van der Waals surface area contributed by atoms with Crippen molar-refractivity contribution in [3.8, 4) is 5.75 Å². The van der Waals surface area contributed by atoms with Gasteiger partial charge in [-0.1, -0.05) is 13.3 Å². The number of aryl methyl sites for hydroxylation is 2. The fourth-order valence-electron chi connectivity index (χ4n) is 2.25. The lowest BCUT2D eigenvalue weighted by atomic mass is 10.2. The van der Waals surface area contributed by atoms with E-state index in [4.69, 9.17) is 4.74 Å². The molecule has 0 N–H and O–H groups in total. The van der Waals surface area contributed by atoms with Gasteiger partial charge in [0.25, 0.3) is 0 Å². The van der Waals surface area contributed by atoms with Crippen LogP contribution in [0, 0.1) is 6.92 Å². The molecule has 0 aliphatic carbocycles. The van der Waals surface area contributed by atoms with E-state index in [-0.39, 0.29) is 0 Å². The second kappa shape index (κ2) is 5.85. The smallest absolute Gasteiger partial charge is 0.212 e. The van der Waals surface area contributed by atoms with Crippen molar-refractivity contribution in [1.82, 2.24) is 0 Å². The van der Waals surface area contributed by atoms with Crippen molar-refractivity contribution < 1.29 is 9.30 Å². The Morgan fingerprint density at radius 1 is 1.11 bits per heavy atom. The molecule has 1 aromatic heterocycles. The highest BCUT2D eigenvalue weighted by Crippen LogP contribution is 2.19. The largest absolute Gasteiger partial charge is 0.494 e. The number of aromatic nitrogens is 1. The normalized spacial score (nSPS) is 10.8. The second-order valence-electron chi connectivity index (χ2n) is 4.64. The van der Waals surface area contributed by atoms with E-state index in [9.17, 15) is 0 Å². The molecule has 0 bridgehead atoms. The molecule has 0 aliphatic heterocycles. The summed E-state index contributed by atoms with van der Waals surface area (Å²) in [6.45, 7) is 8.31. The Bertz CT molecular complexity index is 534. The van der Waals surface area contributed by atoms with Crippen LogP contribution in [0.4, 0.5) is 0 Å². The van der Waals surface area contributed by atoms with Crippen molar-refractivity contribution in [2.24, 2.45) is 0 Å². The van der Waals surface area contributed by atoms with Crippen LogP contribution >= 0.6 is 0 Å². The van der Waals surface area contributed by atoms with E-state index in [1.165, 1.54) is 23.0 Å². The zero-order valence-corrected chi connectivity index (χ0v) is 11.6. The highest BCUT2D eigenvalue weighted by atomic mass is 16.5. The summed E-state index contributed by atoms with van der Waals surface area (Å²) < 4.78 is 8.07. The van der Waals surface area contributed by atoms with Gasteiger partial charge in [0.2, 0.25) is 5.52 Å². The lowest BCUT2D eigenvalue weighted by molar-refractivity contribution is -0.673. The Morgan fingerprint density at radius 3 is 2.67 bits per heavy atom. The molecule has 0 amide bonds. The summed E-state index contributed by atoms with van der Waals surface area (Å²) >= 11 is 0. The van der Waals surface area contributed by atoms with Crippen LogP contribution in [0.15, 0.2) is 30.3 Å². The third kappa shape index (κ3) is 2.63. The van der Waals surface area contributed by atoms with Crippen LogP contribution in [-0.4, -0.2) is 6.61 Å². The van der Waals surface area contributed by atoms with E-state index < -0.39 is 0 Å². The van der Waals surface area contributed by atoms with Crippen molar-refractivity contribution in [3.63, 3.8) is 0 Å². The van der Waals surface area contributed by atoms with Gasteiger partial charge >= 0.3 is 0 Å². The molecule has 2 aromatic rings. The molecular weight excluding hydrogens is 222 g/mol. The lowest BCUT2D eigenvalue weighted by Crippen LogP contribution is -2.36. The molecule has 0 unspecified atom stereocenters. The fourth-order valence-corrected chi connectivity index (χ4v) is 2.25. The first-order valence-electron chi connectivity index (χ1n) is 6.82. The van der Waals surface area contributed by atoms with Gasteiger partial charge < -0.3 is 4.74 Å². The Kier molecular flexibility index (Phi) is 4.19. The standard InChI is InChI=1S/C16H22NO/c1-4-6-11-18-15-9-10-16-14(12-15)8-7-13(3)17(16)5-2/h7-10,12H,4-6,11H2,1-3H3/q+1. The molecule has 96 valence electrons. The molecule has 0 spiro atoms. The molecule has 2 nitrogen and oxygen atoms in total. The number of unbranched alkanes of at least 4 members (excludes halogenated alkanes) is 1. The van der Waals surface area contributed by atoms with Crippen molar-refractivity contribution in [2.45, 2.75) is 40.2 Å². The second-order valence-corrected chi connectivity index (χ2v) is 4.64. The van der Waals surface area contributed by atoms with Gasteiger partial charge in [-0.15, -0.1) is 0 Å². The maximum atomic E-state index is 5.75. The van der Waals surface area contributed by atoms with Crippen molar-refractivity contribution >= 4 is 10.9 Å². The molecule has 0 aliphatic rings. The lowest BCUT2D eigenvalue weighted by Gasteiger charge is -2.07. The quantitative estimate of drug-likeness (QED) is 0.578. The first-order valence-corrected chi connectivity index (χ1v) is 6.82. The SMILES string of the molecule is CCCCOc1ccc2c(ccc(C)[n+]2CC)c1. The number of ether oxygens (including phenoxy) is 1. The zero-order valence-electron chi connectivity index (χ0n) is 11.6. The number of pyridine rings is 1. The summed E-state index contributed by atoms with van der Waals surface area (Å²) in [6, 6.07) is 10.7. The number of benzene rings is 1. The first kappa shape index (κ1) is 12.9. The van der Waals surface area contributed by atoms with E-state index in [0.717, 1.165) is 25.3 Å². The fraction of sp³-hybridized carbons (Fsp3) is 0.438. The summed E-state index contributed by atoms with van der Waals surface area (Å²) in [5.41, 5.74) is 2.57. The molecule has 0 saturated carbocycles.